The van der Waals surface area contributed by atoms with Crippen molar-refractivity contribution in [1.29, 1.82) is 5.26 Å². The lowest BCUT2D eigenvalue weighted by atomic mass is 10.1. The van der Waals surface area contributed by atoms with Gasteiger partial charge in [0.25, 0.3) is 0 Å². The van der Waals surface area contributed by atoms with Crippen LogP contribution in [-0.2, 0) is 4.79 Å². The van der Waals surface area contributed by atoms with Gasteiger partial charge in [-0.1, -0.05) is 32.5 Å². The summed E-state index contributed by atoms with van der Waals surface area (Å²) in [5, 5.41) is 12.4. The smallest absolute Gasteiger partial charge is 0.234 e. The molecule has 0 unspecified atom stereocenters. The molecule has 1 rings (SSSR count). The fourth-order valence-electron chi connectivity index (χ4n) is 1.59. The fraction of sp³-hybridized carbons (Fsp3) is 0.533. The van der Waals surface area contributed by atoms with Crippen LogP contribution in [0.1, 0.15) is 39.7 Å². The van der Waals surface area contributed by atoms with Crippen molar-refractivity contribution >= 4 is 17.7 Å². The summed E-state index contributed by atoms with van der Waals surface area (Å²) in [6.07, 6.45) is 2.51. The van der Waals surface area contributed by atoms with E-state index in [2.05, 4.69) is 16.4 Å². The molecule has 0 saturated carbocycles. The minimum absolute atomic E-state index is 0.0310. The van der Waals surface area contributed by atoms with E-state index in [-0.39, 0.29) is 23.1 Å². The standard InChI is InChI=1S/C15H21N3OS/c1-5-11(4)18-15(19)14(10(2)3)20-13-8-12(9-16)6-7-17-13/h6-8,10-11,14H,5H2,1-4H3,(H,18,19)/t11-,14+/m1/s1. The van der Waals surface area contributed by atoms with Crippen LogP contribution >= 0.6 is 11.8 Å². The number of pyridine rings is 1. The van der Waals surface area contributed by atoms with Gasteiger partial charge in [0.15, 0.2) is 0 Å². The highest BCUT2D eigenvalue weighted by Crippen LogP contribution is 2.27. The highest BCUT2D eigenvalue weighted by Gasteiger charge is 2.24. The summed E-state index contributed by atoms with van der Waals surface area (Å²) < 4.78 is 0. The molecule has 0 aliphatic heterocycles. The Labute approximate surface area is 125 Å². The first-order valence-corrected chi connectivity index (χ1v) is 7.69. The van der Waals surface area contributed by atoms with Gasteiger partial charge in [-0.15, -0.1) is 0 Å². The summed E-state index contributed by atoms with van der Waals surface area (Å²) in [7, 11) is 0. The van der Waals surface area contributed by atoms with E-state index in [0.717, 1.165) is 6.42 Å². The second-order valence-corrected chi connectivity index (χ2v) is 6.26. The van der Waals surface area contributed by atoms with E-state index in [4.69, 9.17) is 5.26 Å². The molecule has 1 N–H and O–H groups in total. The Hall–Kier alpha value is -1.54. The Kier molecular flexibility index (Phi) is 6.53. The van der Waals surface area contributed by atoms with Crippen LogP contribution in [0.2, 0.25) is 0 Å². The Morgan fingerprint density at radius 1 is 1.50 bits per heavy atom. The van der Waals surface area contributed by atoms with Gasteiger partial charge in [-0.2, -0.15) is 5.26 Å². The number of nitriles is 1. The molecule has 108 valence electrons. The van der Waals surface area contributed by atoms with Crippen molar-refractivity contribution in [3.05, 3.63) is 23.9 Å². The maximum Gasteiger partial charge on any atom is 0.234 e. The van der Waals surface area contributed by atoms with Crippen LogP contribution in [0.25, 0.3) is 0 Å². The Morgan fingerprint density at radius 3 is 2.75 bits per heavy atom. The maximum atomic E-state index is 12.3. The van der Waals surface area contributed by atoms with E-state index in [9.17, 15) is 4.79 Å². The number of amides is 1. The highest BCUT2D eigenvalue weighted by atomic mass is 32.2. The number of carbonyl (C=O) groups excluding carboxylic acids is 1. The molecule has 0 aliphatic carbocycles. The molecular formula is C15H21N3OS. The molecule has 0 radical (unpaired) electrons. The van der Waals surface area contributed by atoms with E-state index < -0.39 is 0 Å². The molecular weight excluding hydrogens is 270 g/mol. The SMILES string of the molecule is CC[C@@H](C)NC(=O)[C@@H](Sc1cc(C#N)ccn1)C(C)C. The molecule has 1 amide bonds. The van der Waals surface area contributed by atoms with Crippen molar-refractivity contribution in [3.8, 4) is 6.07 Å². The van der Waals surface area contributed by atoms with Crippen molar-refractivity contribution in [1.82, 2.24) is 10.3 Å². The van der Waals surface area contributed by atoms with Crippen LogP contribution in [0.15, 0.2) is 23.4 Å². The van der Waals surface area contributed by atoms with Gasteiger partial charge in [0.2, 0.25) is 5.91 Å². The first-order chi connectivity index (χ1) is 9.47. The first-order valence-electron chi connectivity index (χ1n) is 6.81. The van der Waals surface area contributed by atoms with E-state index in [1.807, 2.05) is 27.7 Å². The third-order valence-electron chi connectivity index (χ3n) is 2.98. The number of carbonyl (C=O) groups is 1. The third kappa shape index (κ3) is 4.86. The molecule has 0 aliphatic rings. The predicted molar refractivity (Wildman–Crippen MR) is 81.3 cm³/mol. The van der Waals surface area contributed by atoms with Crippen LogP contribution in [0.3, 0.4) is 0 Å². The topological polar surface area (TPSA) is 65.8 Å². The lowest BCUT2D eigenvalue weighted by Crippen LogP contribution is -2.40. The van der Waals surface area contributed by atoms with Crippen LogP contribution in [0.4, 0.5) is 0 Å². The molecule has 0 spiro atoms. The highest BCUT2D eigenvalue weighted by molar-refractivity contribution is 8.00. The molecule has 1 aromatic rings. The van der Waals surface area contributed by atoms with E-state index in [1.165, 1.54) is 11.8 Å². The second-order valence-electron chi connectivity index (χ2n) is 5.09. The number of nitrogens with one attached hydrogen (secondary N) is 1. The number of hydrogen-bond donors (Lipinski definition) is 1. The Balaban J connectivity index is 2.81. The Bertz CT molecular complexity index is 496. The van der Waals surface area contributed by atoms with Crippen LogP contribution in [-0.4, -0.2) is 22.2 Å². The molecule has 0 bridgehead atoms. The van der Waals surface area contributed by atoms with Gasteiger partial charge < -0.3 is 5.32 Å². The van der Waals surface area contributed by atoms with E-state index >= 15 is 0 Å². The maximum absolute atomic E-state index is 12.3. The summed E-state index contributed by atoms with van der Waals surface area (Å²) in [6.45, 7) is 8.07. The molecule has 20 heavy (non-hydrogen) atoms. The van der Waals surface area contributed by atoms with Crippen LogP contribution in [0, 0.1) is 17.2 Å². The normalized spacial score (nSPS) is 13.6. The van der Waals surface area contributed by atoms with Gasteiger partial charge in [-0.3, -0.25) is 4.79 Å². The van der Waals surface area contributed by atoms with Crippen molar-refractivity contribution in [2.45, 2.75) is 50.4 Å². The second kappa shape index (κ2) is 7.91. The summed E-state index contributed by atoms with van der Waals surface area (Å²) in [6, 6.07) is 5.63. The molecule has 0 saturated heterocycles. The lowest BCUT2D eigenvalue weighted by Gasteiger charge is -2.21. The molecule has 5 heteroatoms. The minimum atomic E-state index is -0.203. The molecule has 0 fully saturated rings. The quantitative estimate of drug-likeness (QED) is 0.818. The molecule has 4 nitrogen and oxygen atoms in total. The zero-order valence-electron chi connectivity index (χ0n) is 12.4. The van der Waals surface area contributed by atoms with E-state index in [1.54, 1.807) is 18.3 Å². The monoisotopic (exact) mass is 291 g/mol. The number of rotatable bonds is 6. The van der Waals surface area contributed by atoms with Gasteiger partial charge in [-0.25, -0.2) is 4.98 Å². The summed E-state index contributed by atoms with van der Waals surface area (Å²) in [4.78, 5) is 16.5. The molecule has 0 aromatic carbocycles. The summed E-state index contributed by atoms with van der Waals surface area (Å²) in [5.41, 5.74) is 0.562. The van der Waals surface area contributed by atoms with Crippen LogP contribution in [0.5, 0.6) is 0 Å². The van der Waals surface area contributed by atoms with E-state index in [0.29, 0.717) is 10.6 Å². The number of hydrogen-bond acceptors (Lipinski definition) is 4. The zero-order valence-corrected chi connectivity index (χ0v) is 13.2. The molecule has 1 aromatic heterocycles. The number of thioether (sulfide) groups is 1. The first kappa shape index (κ1) is 16.5. The van der Waals surface area contributed by atoms with Crippen LogP contribution < -0.4 is 5.32 Å². The average Bonchev–Trinajstić information content (AvgIpc) is 2.44. The Morgan fingerprint density at radius 2 is 2.20 bits per heavy atom. The van der Waals surface area contributed by atoms with Crippen molar-refractivity contribution in [2.75, 3.05) is 0 Å². The predicted octanol–water partition coefficient (Wildman–Crippen LogP) is 2.98. The molecule has 2 atom stereocenters. The van der Waals surface area contributed by atoms with Crippen molar-refractivity contribution in [2.24, 2.45) is 5.92 Å². The third-order valence-corrected chi connectivity index (χ3v) is 4.45. The van der Waals surface area contributed by atoms with Crippen molar-refractivity contribution in [3.63, 3.8) is 0 Å². The zero-order chi connectivity index (χ0) is 15.1. The molecule has 1 heterocycles. The largest absolute Gasteiger partial charge is 0.353 e. The van der Waals surface area contributed by atoms with Gasteiger partial charge in [0.05, 0.1) is 21.9 Å². The van der Waals surface area contributed by atoms with Gasteiger partial charge in [-0.05, 0) is 31.4 Å². The average molecular weight is 291 g/mol. The summed E-state index contributed by atoms with van der Waals surface area (Å²) in [5.74, 6) is 0.222. The minimum Gasteiger partial charge on any atom is -0.353 e. The summed E-state index contributed by atoms with van der Waals surface area (Å²) >= 11 is 1.41. The fourth-order valence-corrected chi connectivity index (χ4v) is 2.62. The van der Waals surface area contributed by atoms with Crippen molar-refractivity contribution < 1.29 is 4.79 Å². The van der Waals surface area contributed by atoms with Gasteiger partial charge >= 0.3 is 0 Å². The van der Waals surface area contributed by atoms with Gasteiger partial charge in [0, 0.05) is 12.2 Å². The number of nitrogens with zero attached hydrogens (tertiary/aromatic N) is 2. The number of aromatic nitrogens is 1. The van der Waals surface area contributed by atoms with Gasteiger partial charge in [0.1, 0.15) is 0 Å². The lowest BCUT2D eigenvalue weighted by molar-refractivity contribution is -0.121.